The first-order valence-electron chi connectivity index (χ1n) is 10.9. The second kappa shape index (κ2) is 6.79. The molecule has 0 spiro atoms. The third kappa shape index (κ3) is 2.83. The van der Waals surface area contributed by atoms with Gasteiger partial charge in [0.2, 0.25) is 0 Å². The van der Waals surface area contributed by atoms with Gasteiger partial charge in [-0.2, -0.15) is 0 Å². The van der Waals surface area contributed by atoms with Crippen LogP contribution in [-0.4, -0.2) is 14.5 Å². The average molecular weight is 418 g/mol. The summed E-state index contributed by atoms with van der Waals surface area (Å²) in [6.07, 6.45) is 0. The number of furan rings is 1. The zero-order chi connectivity index (χ0) is 21.9. The third-order valence-electron chi connectivity index (χ3n) is 5.95. The Morgan fingerprint density at radius 1 is 0.719 bits per heavy atom. The van der Waals surface area contributed by atoms with Crippen LogP contribution < -0.4 is 0 Å². The van der Waals surface area contributed by atoms with Crippen molar-refractivity contribution in [3.05, 3.63) is 90.6 Å². The zero-order valence-corrected chi connectivity index (χ0v) is 18.3. The SMILES string of the molecule is CC(C)(C)c1ccc2c(n1)nc(-c1cccc3c1oc1ccccc13)n2-c1ccccc1. The lowest BCUT2D eigenvalue weighted by Crippen LogP contribution is -2.13. The van der Waals surface area contributed by atoms with Crippen LogP contribution in [0, 0.1) is 0 Å². The van der Waals surface area contributed by atoms with E-state index in [0.29, 0.717) is 0 Å². The molecule has 0 fully saturated rings. The van der Waals surface area contributed by atoms with E-state index in [1.54, 1.807) is 0 Å². The quantitative estimate of drug-likeness (QED) is 0.297. The monoisotopic (exact) mass is 417 g/mol. The van der Waals surface area contributed by atoms with E-state index in [1.807, 2.05) is 36.4 Å². The van der Waals surface area contributed by atoms with Crippen LogP contribution in [0.1, 0.15) is 26.5 Å². The summed E-state index contributed by atoms with van der Waals surface area (Å²) in [6.45, 7) is 6.52. The Labute approximate surface area is 186 Å². The minimum absolute atomic E-state index is 0.0520. The number of hydrogen-bond donors (Lipinski definition) is 0. The van der Waals surface area contributed by atoms with E-state index < -0.39 is 0 Å². The first kappa shape index (κ1) is 18.8. The number of rotatable bonds is 2. The van der Waals surface area contributed by atoms with Crippen LogP contribution in [0.4, 0.5) is 0 Å². The predicted octanol–water partition coefficient (Wildman–Crippen LogP) is 7.28. The minimum Gasteiger partial charge on any atom is -0.455 e. The van der Waals surface area contributed by atoms with Crippen molar-refractivity contribution < 1.29 is 4.42 Å². The second-order valence-electron chi connectivity index (χ2n) is 9.18. The van der Waals surface area contributed by atoms with Crippen molar-refractivity contribution in [3.8, 4) is 17.1 Å². The van der Waals surface area contributed by atoms with Crippen molar-refractivity contribution in [2.45, 2.75) is 26.2 Å². The highest BCUT2D eigenvalue weighted by molar-refractivity contribution is 6.09. The molecular weight excluding hydrogens is 394 g/mol. The molecule has 0 atom stereocenters. The van der Waals surface area contributed by atoms with Gasteiger partial charge in [-0.3, -0.25) is 4.57 Å². The summed E-state index contributed by atoms with van der Waals surface area (Å²) in [7, 11) is 0. The lowest BCUT2D eigenvalue weighted by Gasteiger charge is -2.17. The molecule has 0 saturated heterocycles. The minimum atomic E-state index is -0.0520. The summed E-state index contributed by atoms with van der Waals surface area (Å²) in [6, 6.07) is 29.0. The molecule has 0 N–H and O–H groups in total. The molecule has 0 aliphatic rings. The van der Waals surface area contributed by atoms with Gasteiger partial charge in [0.1, 0.15) is 11.2 Å². The Hall–Kier alpha value is -3.92. The topological polar surface area (TPSA) is 43.9 Å². The molecule has 0 saturated carbocycles. The van der Waals surface area contributed by atoms with Crippen LogP contribution in [-0.2, 0) is 5.41 Å². The highest BCUT2D eigenvalue weighted by Crippen LogP contribution is 2.37. The van der Waals surface area contributed by atoms with Crippen LogP contribution in [0.2, 0.25) is 0 Å². The maximum atomic E-state index is 6.33. The maximum absolute atomic E-state index is 6.33. The highest BCUT2D eigenvalue weighted by Gasteiger charge is 2.22. The molecule has 0 unspecified atom stereocenters. The molecule has 3 aromatic heterocycles. The van der Waals surface area contributed by atoms with Gasteiger partial charge < -0.3 is 4.42 Å². The Morgan fingerprint density at radius 3 is 2.28 bits per heavy atom. The van der Waals surface area contributed by atoms with Crippen LogP contribution in [0.5, 0.6) is 0 Å². The molecule has 4 heteroatoms. The van der Waals surface area contributed by atoms with Crippen molar-refractivity contribution in [2.75, 3.05) is 0 Å². The van der Waals surface area contributed by atoms with Gasteiger partial charge in [-0.05, 0) is 36.4 Å². The van der Waals surface area contributed by atoms with Gasteiger partial charge in [-0.15, -0.1) is 0 Å². The Kier molecular flexibility index (Phi) is 3.99. The van der Waals surface area contributed by atoms with Gasteiger partial charge in [-0.1, -0.05) is 69.3 Å². The number of pyridine rings is 1. The number of hydrogen-bond acceptors (Lipinski definition) is 3. The van der Waals surface area contributed by atoms with Crippen molar-refractivity contribution >= 4 is 33.1 Å². The molecule has 0 aliphatic heterocycles. The molecular formula is C28H23N3O. The number of para-hydroxylation sites is 3. The number of imidazole rings is 1. The molecule has 156 valence electrons. The van der Waals surface area contributed by atoms with E-state index in [-0.39, 0.29) is 5.41 Å². The number of benzene rings is 3. The average Bonchev–Trinajstić information content (AvgIpc) is 3.37. The molecule has 4 nitrogen and oxygen atoms in total. The van der Waals surface area contributed by atoms with E-state index in [0.717, 1.165) is 55.9 Å². The fourth-order valence-corrected chi connectivity index (χ4v) is 4.32. The Balaban J connectivity index is 1.71. The molecule has 3 aromatic carbocycles. The number of fused-ring (bicyclic) bond motifs is 4. The second-order valence-corrected chi connectivity index (χ2v) is 9.18. The highest BCUT2D eigenvalue weighted by atomic mass is 16.3. The number of nitrogens with zero attached hydrogens (tertiary/aromatic N) is 3. The van der Waals surface area contributed by atoms with Crippen LogP contribution in [0.25, 0.3) is 50.2 Å². The molecule has 0 bridgehead atoms. The molecule has 0 amide bonds. The lowest BCUT2D eigenvalue weighted by atomic mass is 9.92. The molecule has 3 heterocycles. The molecule has 0 aliphatic carbocycles. The largest absolute Gasteiger partial charge is 0.455 e. The van der Waals surface area contributed by atoms with Crippen LogP contribution >= 0.6 is 0 Å². The summed E-state index contributed by atoms with van der Waals surface area (Å²) in [5.74, 6) is 0.828. The van der Waals surface area contributed by atoms with E-state index in [2.05, 4.69) is 73.9 Å². The van der Waals surface area contributed by atoms with Crippen LogP contribution in [0.3, 0.4) is 0 Å². The first-order valence-corrected chi connectivity index (χ1v) is 10.9. The van der Waals surface area contributed by atoms with E-state index >= 15 is 0 Å². The fourth-order valence-electron chi connectivity index (χ4n) is 4.32. The normalized spacial score (nSPS) is 12.2. The van der Waals surface area contributed by atoms with Gasteiger partial charge in [0.25, 0.3) is 0 Å². The number of aromatic nitrogens is 3. The molecule has 6 rings (SSSR count). The van der Waals surface area contributed by atoms with Crippen molar-refractivity contribution in [1.29, 1.82) is 0 Å². The van der Waals surface area contributed by atoms with E-state index in [1.165, 1.54) is 0 Å². The maximum Gasteiger partial charge on any atom is 0.178 e. The van der Waals surface area contributed by atoms with Crippen molar-refractivity contribution in [2.24, 2.45) is 0 Å². The van der Waals surface area contributed by atoms with Gasteiger partial charge in [-0.25, -0.2) is 9.97 Å². The third-order valence-corrected chi connectivity index (χ3v) is 5.95. The summed E-state index contributed by atoms with van der Waals surface area (Å²) < 4.78 is 8.51. The first-order chi connectivity index (χ1) is 15.5. The van der Waals surface area contributed by atoms with E-state index in [9.17, 15) is 0 Å². The summed E-state index contributed by atoms with van der Waals surface area (Å²) in [5.41, 5.74) is 6.42. The molecule has 0 radical (unpaired) electrons. The predicted molar refractivity (Wildman–Crippen MR) is 130 cm³/mol. The van der Waals surface area contributed by atoms with Crippen LogP contribution in [0.15, 0.2) is 89.3 Å². The van der Waals surface area contributed by atoms with Gasteiger partial charge >= 0.3 is 0 Å². The standard InChI is InChI=1S/C28H23N3O/c1-28(2,3)24-17-16-22-26(29-24)30-27(31(22)18-10-5-4-6-11-18)21-14-9-13-20-19-12-7-8-15-23(19)32-25(20)21/h4-17H,1-3H3. The fraction of sp³-hybridized carbons (Fsp3) is 0.143. The summed E-state index contributed by atoms with van der Waals surface area (Å²) >= 11 is 0. The van der Waals surface area contributed by atoms with Gasteiger partial charge in [0.05, 0.1) is 11.1 Å². The molecule has 6 aromatic rings. The smallest absolute Gasteiger partial charge is 0.178 e. The van der Waals surface area contributed by atoms with Crippen molar-refractivity contribution in [3.63, 3.8) is 0 Å². The molecule has 32 heavy (non-hydrogen) atoms. The lowest BCUT2D eigenvalue weighted by molar-refractivity contribution is 0.571. The Morgan fingerprint density at radius 2 is 1.47 bits per heavy atom. The van der Waals surface area contributed by atoms with E-state index in [4.69, 9.17) is 14.4 Å². The van der Waals surface area contributed by atoms with Crippen molar-refractivity contribution in [1.82, 2.24) is 14.5 Å². The summed E-state index contributed by atoms with van der Waals surface area (Å²) in [4.78, 5) is 9.98. The van der Waals surface area contributed by atoms with Gasteiger partial charge in [0, 0.05) is 27.6 Å². The summed E-state index contributed by atoms with van der Waals surface area (Å²) in [5, 5.41) is 2.20. The Bertz CT molecular complexity index is 1600. The van der Waals surface area contributed by atoms with Gasteiger partial charge in [0.15, 0.2) is 11.5 Å². The zero-order valence-electron chi connectivity index (χ0n) is 18.3.